The Morgan fingerprint density at radius 3 is 2.73 bits per heavy atom. The fourth-order valence-corrected chi connectivity index (χ4v) is 1.67. The van der Waals surface area contributed by atoms with Crippen molar-refractivity contribution >= 4 is 0 Å². The van der Waals surface area contributed by atoms with Crippen LogP contribution in [-0.2, 0) is 0 Å². The quantitative estimate of drug-likeness (QED) is 0.450. The van der Waals surface area contributed by atoms with Crippen molar-refractivity contribution in [3.05, 3.63) is 41.2 Å². The van der Waals surface area contributed by atoms with Crippen molar-refractivity contribution in [2.45, 2.75) is 33.2 Å². The maximum absolute atomic E-state index is 5.53. The van der Waals surface area contributed by atoms with Crippen LogP contribution in [0.4, 0.5) is 0 Å². The van der Waals surface area contributed by atoms with Gasteiger partial charge in [-0.25, -0.2) is 0 Å². The summed E-state index contributed by atoms with van der Waals surface area (Å²) in [6, 6.07) is 2.17. The van der Waals surface area contributed by atoms with Gasteiger partial charge in [0.1, 0.15) is 0 Å². The normalized spacial score (nSPS) is 12.5. The smallest absolute Gasteiger partial charge is 0.0671 e. The molecule has 0 aromatic carbocycles. The molecule has 3 nitrogen and oxygen atoms in total. The number of hydrazine groups is 1. The average molecular weight is 205 g/mol. The molecule has 15 heavy (non-hydrogen) atoms. The summed E-state index contributed by atoms with van der Waals surface area (Å²) in [5.41, 5.74) is 7.22. The zero-order valence-electron chi connectivity index (χ0n) is 9.67. The first-order valence-electron chi connectivity index (χ1n) is 5.08. The summed E-state index contributed by atoms with van der Waals surface area (Å²) >= 11 is 0. The number of aromatic nitrogens is 1. The Morgan fingerprint density at radius 2 is 2.27 bits per heavy atom. The summed E-state index contributed by atoms with van der Waals surface area (Å²) in [4.78, 5) is 4.42. The molecule has 1 unspecified atom stereocenters. The summed E-state index contributed by atoms with van der Waals surface area (Å²) in [6.45, 7) is 9.97. The number of aryl methyl sites for hydroxylation is 2. The Hall–Kier alpha value is -1.19. The van der Waals surface area contributed by atoms with Crippen LogP contribution in [-0.4, -0.2) is 4.98 Å². The molecule has 0 aliphatic carbocycles. The molecular formula is C12H19N3. The number of hydrogen-bond acceptors (Lipinski definition) is 3. The van der Waals surface area contributed by atoms with Crippen LogP contribution >= 0.6 is 0 Å². The van der Waals surface area contributed by atoms with E-state index < -0.39 is 0 Å². The van der Waals surface area contributed by atoms with E-state index in [0.717, 1.165) is 17.7 Å². The highest BCUT2D eigenvalue weighted by Crippen LogP contribution is 2.21. The predicted octanol–water partition coefficient (Wildman–Crippen LogP) is 2.17. The fraction of sp³-hybridized carbons (Fsp3) is 0.417. The highest BCUT2D eigenvalue weighted by molar-refractivity contribution is 5.26. The first-order chi connectivity index (χ1) is 7.04. The Morgan fingerprint density at radius 1 is 1.60 bits per heavy atom. The Kier molecular flexibility index (Phi) is 4.00. The zero-order chi connectivity index (χ0) is 11.4. The van der Waals surface area contributed by atoms with Crippen molar-refractivity contribution in [3.8, 4) is 0 Å². The molecule has 1 rings (SSSR count). The average Bonchev–Trinajstić information content (AvgIpc) is 2.14. The third kappa shape index (κ3) is 3.15. The second kappa shape index (κ2) is 5.05. The van der Waals surface area contributed by atoms with Crippen LogP contribution in [0.3, 0.4) is 0 Å². The van der Waals surface area contributed by atoms with Crippen molar-refractivity contribution in [2.75, 3.05) is 0 Å². The molecule has 0 spiro atoms. The number of pyridine rings is 1. The zero-order valence-corrected chi connectivity index (χ0v) is 9.67. The van der Waals surface area contributed by atoms with Crippen LogP contribution in [0.1, 0.15) is 36.2 Å². The molecule has 0 saturated carbocycles. The molecule has 3 heteroatoms. The summed E-state index contributed by atoms with van der Waals surface area (Å²) in [5.74, 6) is 5.53. The minimum Gasteiger partial charge on any atom is -0.271 e. The molecule has 3 N–H and O–H groups in total. The Balaban J connectivity index is 2.96. The lowest BCUT2D eigenvalue weighted by molar-refractivity contribution is 0.533. The molecule has 0 amide bonds. The number of hydrogen-bond donors (Lipinski definition) is 2. The third-order valence-corrected chi connectivity index (χ3v) is 2.34. The first-order valence-corrected chi connectivity index (χ1v) is 5.08. The summed E-state index contributed by atoms with van der Waals surface area (Å²) in [7, 11) is 0. The van der Waals surface area contributed by atoms with Gasteiger partial charge in [-0.2, -0.15) is 0 Å². The monoisotopic (exact) mass is 205 g/mol. The maximum Gasteiger partial charge on any atom is 0.0671 e. The van der Waals surface area contributed by atoms with Crippen molar-refractivity contribution in [2.24, 2.45) is 5.84 Å². The maximum atomic E-state index is 5.53. The molecular weight excluding hydrogens is 186 g/mol. The van der Waals surface area contributed by atoms with Gasteiger partial charge in [0.2, 0.25) is 0 Å². The van der Waals surface area contributed by atoms with E-state index in [0.29, 0.717) is 0 Å². The first kappa shape index (κ1) is 11.9. The molecule has 1 aromatic heterocycles. The molecule has 1 aromatic rings. The van der Waals surface area contributed by atoms with Crippen LogP contribution < -0.4 is 11.3 Å². The van der Waals surface area contributed by atoms with Crippen LogP contribution in [0.25, 0.3) is 0 Å². The van der Waals surface area contributed by atoms with Crippen LogP contribution in [0.15, 0.2) is 24.4 Å². The lowest BCUT2D eigenvalue weighted by Gasteiger charge is -2.17. The van der Waals surface area contributed by atoms with E-state index in [1.54, 1.807) is 0 Å². The second-order valence-electron chi connectivity index (χ2n) is 4.10. The molecule has 0 radical (unpaired) electrons. The Labute approximate surface area is 91.4 Å². The molecule has 0 saturated heterocycles. The van der Waals surface area contributed by atoms with E-state index in [1.807, 2.05) is 20.0 Å². The lowest BCUT2D eigenvalue weighted by atomic mass is 10.0. The van der Waals surface area contributed by atoms with Gasteiger partial charge in [-0.15, -0.1) is 6.58 Å². The molecule has 0 fully saturated rings. The third-order valence-electron chi connectivity index (χ3n) is 2.34. The van der Waals surface area contributed by atoms with Gasteiger partial charge in [-0.05, 0) is 38.3 Å². The SMILES string of the molecule is C=C(C)CC(NN)c1ncc(C)cc1C. The van der Waals surface area contributed by atoms with Gasteiger partial charge < -0.3 is 0 Å². The van der Waals surface area contributed by atoms with Gasteiger partial charge in [0.15, 0.2) is 0 Å². The molecule has 0 bridgehead atoms. The van der Waals surface area contributed by atoms with Crippen LogP contribution in [0, 0.1) is 13.8 Å². The van der Waals surface area contributed by atoms with Crippen LogP contribution in [0.2, 0.25) is 0 Å². The number of nitrogens with zero attached hydrogens (tertiary/aromatic N) is 1. The summed E-state index contributed by atoms with van der Waals surface area (Å²) in [6.07, 6.45) is 2.68. The number of nitrogens with one attached hydrogen (secondary N) is 1. The van der Waals surface area contributed by atoms with Crippen molar-refractivity contribution in [1.82, 2.24) is 10.4 Å². The molecule has 0 aliphatic rings. The van der Waals surface area contributed by atoms with Crippen molar-refractivity contribution < 1.29 is 0 Å². The van der Waals surface area contributed by atoms with Crippen molar-refractivity contribution in [3.63, 3.8) is 0 Å². The van der Waals surface area contributed by atoms with Gasteiger partial charge in [0.05, 0.1) is 11.7 Å². The lowest BCUT2D eigenvalue weighted by Crippen LogP contribution is -2.29. The van der Waals surface area contributed by atoms with E-state index >= 15 is 0 Å². The van der Waals surface area contributed by atoms with Gasteiger partial charge >= 0.3 is 0 Å². The topological polar surface area (TPSA) is 50.9 Å². The van der Waals surface area contributed by atoms with E-state index in [-0.39, 0.29) is 6.04 Å². The largest absolute Gasteiger partial charge is 0.271 e. The van der Waals surface area contributed by atoms with E-state index in [2.05, 4.69) is 30.0 Å². The highest BCUT2D eigenvalue weighted by atomic mass is 15.2. The summed E-state index contributed by atoms with van der Waals surface area (Å²) < 4.78 is 0. The van der Waals surface area contributed by atoms with E-state index in [9.17, 15) is 0 Å². The van der Waals surface area contributed by atoms with Gasteiger partial charge in [0.25, 0.3) is 0 Å². The highest BCUT2D eigenvalue weighted by Gasteiger charge is 2.13. The minimum atomic E-state index is 0.0584. The predicted molar refractivity (Wildman–Crippen MR) is 63.2 cm³/mol. The van der Waals surface area contributed by atoms with Gasteiger partial charge in [-0.3, -0.25) is 16.3 Å². The number of nitrogens with two attached hydrogens (primary N) is 1. The molecule has 1 heterocycles. The standard InChI is InChI=1S/C12H19N3/c1-8(2)5-11(15-13)12-10(4)6-9(3)7-14-12/h6-7,11,15H,1,5,13H2,2-4H3. The Bertz CT molecular complexity index is 358. The summed E-state index contributed by atoms with van der Waals surface area (Å²) in [5, 5.41) is 0. The van der Waals surface area contributed by atoms with Crippen molar-refractivity contribution in [1.29, 1.82) is 0 Å². The molecule has 0 aliphatic heterocycles. The minimum absolute atomic E-state index is 0.0584. The van der Waals surface area contributed by atoms with E-state index in [4.69, 9.17) is 5.84 Å². The van der Waals surface area contributed by atoms with E-state index in [1.165, 1.54) is 11.1 Å². The second-order valence-corrected chi connectivity index (χ2v) is 4.10. The number of rotatable bonds is 4. The van der Waals surface area contributed by atoms with Gasteiger partial charge in [-0.1, -0.05) is 11.6 Å². The van der Waals surface area contributed by atoms with Crippen LogP contribution in [0.5, 0.6) is 0 Å². The van der Waals surface area contributed by atoms with Gasteiger partial charge in [0, 0.05) is 6.20 Å². The molecule has 82 valence electrons. The fourth-order valence-electron chi connectivity index (χ4n) is 1.67. The molecule has 1 atom stereocenters.